The molecule has 0 radical (unpaired) electrons. The first-order chi connectivity index (χ1) is 14.0. The molecule has 0 saturated carbocycles. The van der Waals surface area contributed by atoms with Gasteiger partial charge in [-0.15, -0.1) is 0 Å². The van der Waals surface area contributed by atoms with E-state index in [9.17, 15) is 9.59 Å². The number of hydrogen-bond donors (Lipinski definition) is 1. The van der Waals surface area contributed by atoms with E-state index < -0.39 is 0 Å². The molecule has 150 valence electrons. The minimum absolute atomic E-state index is 0.0363. The van der Waals surface area contributed by atoms with Crippen molar-refractivity contribution in [2.75, 3.05) is 42.6 Å². The molecular weight excluding hydrogens is 366 g/mol. The third-order valence-electron chi connectivity index (χ3n) is 5.54. The van der Waals surface area contributed by atoms with E-state index >= 15 is 0 Å². The van der Waals surface area contributed by atoms with Gasteiger partial charge in [-0.2, -0.15) is 0 Å². The van der Waals surface area contributed by atoms with Crippen LogP contribution in [0.15, 0.2) is 53.5 Å². The van der Waals surface area contributed by atoms with Gasteiger partial charge in [-0.25, -0.2) is 5.01 Å². The lowest BCUT2D eigenvalue weighted by Gasteiger charge is -2.38. The first-order valence-electron chi connectivity index (χ1n) is 9.84. The van der Waals surface area contributed by atoms with Crippen molar-refractivity contribution in [3.05, 3.63) is 59.7 Å². The number of benzene rings is 2. The monoisotopic (exact) mass is 391 g/mol. The summed E-state index contributed by atoms with van der Waals surface area (Å²) in [4.78, 5) is 33.5. The second-order valence-electron chi connectivity index (χ2n) is 7.34. The summed E-state index contributed by atoms with van der Waals surface area (Å²) in [6, 6.07) is 15.6. The molecule has 2 aromatic carbocycles. The Bertz CT molecular complexity index is 949. The summed E-state index contributed by atoms with van der Waals surface area (Å²) in [6.07, 6.45) is 0. The average Bonchev–Trinajstić information content (AvgIpc) is 2.76. The van der Waals surface area contributed by atoms with Gasteiger partial charge in [-0.3, -0.25) is 20.0 Å². The molecule has 0 unspecified atom stereocenters. The zero-order valence-electron chi connectivity index (χ0n) is 16.8. The Hall–Kier alpha value is -3.35. The fourth-order valence-electron chi connectivity index (χ4n) is 3.70. The number of hydrazine groups is 1. The second-order valence-corrected chi connectivity index (χ2v) is 7.34. The number of nitrogens with zero attached hydrogens (tertiary/aromatic N) is 4. The van der Waals surface area contributed by atoms with Gasteiger partial charge in [-0.05, 0) is 43.2 Å². The number of nitrogens with one attached hydrogen (secondary N) is 1. The number of para-hydroxylation sites is 1. The molecule has 0 aromatic heterocycles. The third-order valence-corrected chi connectivity index (χ3v) is 5.54. The predicted molar refractivity (Wildman–Crippen MR) is 114 cm³/mol. The number of anilines is 2. The first-order valence-corrected chi connectivity index (χ1v) is 9.84. The summed E-state index contributed by atoms with van der Waals surface area (Å²) in [5.74, 6) is -0.139. The lowest BCUT2D eigenvalue weighted by atomic mass is 10.1. The first kappa shape index (κ1) is 19.0. The van der Waals surface area contributed by atoms with E-state index in [1.165, 1.54) is 21.8 Å². The van der Waals surface area contributed by atoms with Crippen LogP contribution in [0.2, 0.25) is 0 Å². The molecule has 0 spiro atoms. The zero-order valence-corrected chi connectivity index (χ0v) is 16.8. The number of hydrogen-bond acceptors (Lipinski definition) is 5. The molecule has 1 saturated heterocycles. The summed E-state index contributed by atoms with van der Waals surface area (Å²) in [6.45, 7) is 6.99. The maximum Gasteiger partial charge on any atom is 0.290 e. The van der Waals surface area contributed by atoms with Gasteiger partial charge in [-0.1, -0.05) is 30.3 Å². The summed E-state index contributed by atoms with van der Waals surface area (Å²) < 4.78 is 0. The van der Waals surface area contributed by atoms with Crippen molar-refractivity contribution in [2.45, 2.75) is 13.8 Å². The van der Waals surface area contributed by atoms with E-state index in [1.807, 2.05) is 30.3 Å². The van der Waals surface area contributed by atoms with Crippen molar-refractivity contribution in [3.8, 4) is 0 Å². The highest BCUT2D eigenvalue weighted by molar-refractivity contribution is 6.39. The number of carbonyl (C=O) groups excluding carboxylic acids is 2. The molecule has 2 heterocycles. The maximum absolute atomic E-state index is 13.0. The Balaban J connectivity index is 1.42. The highest BCUT2D eigenvalue weighted by Gasteiger charge is 2.30. The molecule has 2 aliphatic rings. The number of carbonyl (C=O) groups is 2. The van der Waals surface area contributed by atoms with Crippen LogP contribution in [0.5, 0.6) is 0 Å². The van der Waals surface area contributed by atoms with Gasteiger partial charge in [0.1, 0.15) is 6.54 Å². The summed E-state index contributed by atoms with van der Waals surface area (Å²) in [5, 5.41) is 1.40. The highest BCUT2D eigenvalue weighted by atomic mass is 16.2. The van der Waals surface area contributed by atoms with Crippen molar-refractivity contribution < 1.29 is 9.59 Å². The third kappa shape index (κ3) is 3.81. The molecular formula is C22H25N5O2. The lowest BCUT2D eigenvalue weighted by molar-refractivity contribution is -0.124. The van der Waals surface area contributed by atoms with Crippen molar-refractivity contribution >= 4 is 29.0 Å². The number of piperazine rings is 1. The van der Waals surface area contributed by atoms with Crippen molar-refractivity contribution in [1.82, 2.24) is 10.3 Å². The van der Waals surface area contributed by atoms with Gasteiger partial charge >= 0.3 is 0 Å². The van der Waals surface area contributed by atoms with Crippen LogP contribution < -0.4 is 15.3 Å². The minimum atomic E-state index is -0.188. The van der Waals surface area contributed by atoms with Crippen LogP contribution in [0.4, 0.5) is 11.4 Å². The van der Waals surface area contributed by atoms with Crippen molar-refractivity contribution in [1.29, 1.82) is 0 Å². The van der Waals surface area contributed by atoms with Gasteiger partial charge in [0.25, 0.3) is 11.8 Å². The van der Waals surface area contributed by atoms with Gasteiger partial charge < -0.3 is 9.80 Å². The fourth-order valence-corrected chi connectivity index (χ4v) is 3.70. The molecule has 2 aromatic rings. The fraction of sp³-hybridized carbons (Fsp3) is 0.318. The van der Waals surface area contributed by atoms with E-state index in [1.54, 1.807) is 4.90 Å². The molecule has 2 amide bonds. The number of amides is 2. The molecule has 0 atom stereocenters. The molecule has 7 heteroatoms. The zero-order chi connectivity index (χ0) is 20.4. The number of rotatable bonds is 3. The largest absolute Gasteiger partial charge is 0.368 e. The normalized spacial score (nSPS) is 17.1. The Labute approximate surface area is 170 Å². The number of aliphatic imine (C=N–C) groups is 1. The van der Waals surface area contributed by atoms with Gasteiger partial charge in [0, 0.05) is 31.9 Å². The molecule has 1 fully saturated rings. The van der Waals surface area contributed by atoms with E-state index in [0.29, 0.717) is 18.8 Å². The number of aryl methyl sites for hydroxylation is 1. The SMILES string of the molecule is Cc1cccc(N2CCN(C(=O)C3=NCC(=O)N(c4ccccc4)N3)CC2)c1C. The van der Waals surface area contributed by atoms with Crippen LogP contribution in [-0.2, 0) is 9.59 Å². The molecule has 7 nitrogen and oxygen atoms in total. The van der Waals surface area contributed by atoms with Crippen LogP contribution in [0.1, 0.15) is 11.1 Å². The smallest absolute Gasteiger partial charge is 0.290 e. The predicted octanol–water partition coefficient (Wildman–Crippen LogP) is 1.90. The van der Waals surface area contributed by atoms with Crippen LogP contribution in [-0.4, -0.2) is 55.3 Å². The van der Waals surface area contributed by atoms with E-state index in [2.05, 4.69) is 47.4 Å². The second kappa shape index (κ2) is 7.95. The maximum atomic E-state index is 13.0. The Morgan fingerprint density at radius 2 is 1.69 bits per heavy atom. The highest BCUT2D eigenvalue weighted by Crippen LogP contribution is 2.24. The van der Waals surface area contributed by atoms with Crippen LogP contribution in [0, 0.1) is 13.8 Å². The Morgan fingerprint density at radius 3 is 2.41 bits per heavy atom. The van der Waals surface area contributed by atoms with Gasteiger partial charge in [0.2, 0.25) is 5.84 Å². The molecule has 0 bridgehead atoms. The molecule has 29 heavy (non-hydrogen) atoms. The summed E-state index contributed by atoms with van der Waals surface area (Å²) in [5.41, 5.74) is 7.38. The van der Waals surface area contributed by atoms with Gasteiger partial charge in [0.05, 0.1) is 5.69 Å². The van der Waals surface area contributed by atoms with E-state index in [0.717, 1.165) is 13.1 Å². The quantitative estimate of drug-likeness (QED) is 0.868. The Kier molecular flexibility index (Phi) is 5.20. The van der Waals surface area contributed by atoms with Crippen molar-refractivity contribution in [3.63, 3.8) is 0 Å². The average molecular weight is 391 g/mol. The van der Waals surface area contributed by atoms with Gasteiger partial charge in [0.15, 0.2) is 0 Å². The summed E-state index contributed by atoms with van der Waals surface area (Å²) >= 11 is 0. The molecule has 2 aliphatic heterocycles. The van der Waals surface area contributed by atoms with E-state index in [-0.39, 0.29) is 24.2 Å². The molecule has 0 aliphatic carbocycles. The molecule has 1 N–H and O–H groups in total. The van der Waals surface area contributed by atoms with Crippen molar-refractivity contribution in [2.24, 2.45) is 4.99 Å². The van der Waals surface area contributed by atoms with Crippen LogP contribution in [0.25, 0.3) is 0 Å². The molecule has 4 rings (SSSR count). The standard InChI is InChI=1S/C22H25N5O2/c1-16-7-6-10-19(17(16)2)25-11-13-26(14-12-25)22(29)21-23-15-20(28)27(24-21)18-8-4-3-5-9-18/h3-10H,11-15H2,1-2H3,(H,23,24). The lowest BCUT2D eigenvalue weighted by Crippen LogP contribution is -2.58. The Morgan fingerprint density at radius 1 is 0.966 bits per heavy atom. The minimum Gasteiger partial charge on any atom is -0.368 e. The summed E-state index contributed by atoms with van der Waals surface area (Å²) in [7, 11) is 0. The topological polar surface area (TPSA) is 68.2 Å². The van der Waals surface area contributed by atoms with E-state index in [4.69, 9.17) is 0 Å². The van der Waals surface area contributed by atoms with Crippen LogP contribution >= 0.6 is 0 Å². The van der Waals surface area contributed by atoms with Crippen LogP contribution in [0.3, 0.4) is 0 Å². The number of amidine groups is 1.